The first-order valence-electron chi connectivity index (χ1n) is 6.17. The third kappa shape index (κ3) is 3.13. The zero-order valence-electron chi connectivity index (χ0n) is 10.1. The first kappa shape index (κ1) is 12.7. The Hall–Kier alpha value is -1.75. The Morgan fingerprint density at radius 1 is 1.33 bits per heavy atom. The second kappa shape index (κ2) is 5.73. The van der Waals surface area contributed by atoms with Crippen molar-refractivity contribution >= 4 is 5.91 Å². The molecular weight excluding hydrogens is 232 g/mol. The molecule has 1 amide bonds. The van der Waals surface area contributed by atoms with E-state index in [0.29, 0.717) is 12.5 Å². The van der Waals surface area contributed by atoms with Crippen molar-refractivity contribution in [3.63, 3.8) is 0 Å². The predicted molar refractivity (Wildman–Crippen MR) is 67.7 cm³/mol. The highest BCUT2D eigenvalue weighted by Crippen LogP contribution is 2.22. The van der Waals surface area contributed by atoms with Crippen LogP contribution in [0.1, 0.15) is 23.2 Å². The zero-order valence-corrected chi connectivity index (χ0v) is 10.1. The molecule has 4 N–H and O–H groups in total. The average Bonchev–Trinajstić information content (AvgIpc) is 2.37. The Morgan fingerprint density at radius 2 is 2.06 bits per heavy atom. The topological polar surface area (TPSA) is 81.6 Å². The highest BCUT2D eigenvalue weighted by Gasteiger charge is 2.16. The lowest BCUT2D eigenvalue weighted by atomic mass is 9.98. The van der Waals surface area contributed by atoms with Crippen LogP contribution in [0.2, 0.25) is 0 Å². The molecule has 0 atom stereocenters. The summed E-state index contributed by atoms with van der Waals surface area (Å²) in [6, 6.07) is 3.97. The summed E-state index contributed by atoms with van der Waals surface area (Å²) in [6.07, 6.45) is 2.11. The van der Waals surface area contributed by atoms with Gasteiger partial charge in [0.1, 0.15) is 11.5 Å². The smallest absolute Gasteiger partial charge is 0.255 e. The molecule has 1 aromatic carbocycles. The van der Waals surface area contributed by atoms with E-state index < -0.39 is 0 Å². The van der Waals surface area contributed by atoms with Gasteiger partial charge in [-0.3, -0.25) is 4.79 Å². The van der Waals surface area contributed by atoms with E-state index in [2.05, 4.69) is 10.6 Å². The van der Waals surface area contributed by atoms with Crippen LogP contribution in [0.4, 0.5) is 0 Å². The highest BCUT2D eigenvalue weighted by atomic mass is 16.3. The van der Waals surface area contributed by atoms with Crippen molar-refractivity contribution in [2.45, 2.75) is 12.8 Å². The lowest BCUT2D eigenvalue weighted by Gasteiger charge is -2.22. The van der Waals surface area contributed by atoms with E-state index in [9.17, 15) is 9.90 Å². The van der Waals surface area contributed by atoms with Gasteiger partial charge in [-0.15, -0.1) is 0 Å². The van der Waals surface area contributed by atoms with Gasteiger partial charge < -0.3 is 20.8 Å². The van der Waals surface area contributed by atoms with Crippen LogP contribution in [0, 0.1) is 5.92 Å². The second-order valence-electron chi connectivity index (χ2n) is 4.60. The maximum atomic E-state index is 11.9. The summed E-state index contributed by atoms with van der Waals surface area (Å²) in [7, 11) is 0. The Balaban J connectivity index is 1.90. The maximum Gasteiger partial charge on any atom is 0.255 e. The molecule has 5 nitrogen and oxygen atoms in total. The van der Waals surface area contributed by atoms with Crippen LogP contribution >= 0.6 is 0 Å². The minimum Gasteiger partial charge on any atom is -0.508 e. The number of rotatable bonds is 3. The van der Waals surface area contributed by atoms with Crippen molar-refractivity contribution in [3.05, 3.63) is 23.8 Å². The number of phenols is 2. The van der Waals surface area contributed by atoms with Crippen LogP contribution in [-0.2, 0) is 0 Å². The van der Waals surface area contributed by atoms with Gasteiger partial charge in [0.15, 0.2) is 0 Å². The quantitative estimate of drug-likeness (QED) is 0.640. The Bertz CT molecular complexity index is 428. The van der Waals surface area contributed by atoms with Gasteiger partial charge >= 0.3 is 0 Å². The molecule has 1 aromatic rings. The second-order valence-corrected chi connectivity index (χ2v) is 4.60. The van der Waals surface area contributed by atoms with E-state index in [1.54, 1.807) is 0 Å². The summed E-state index contributed by atoms with van der Waals surface area (Å²) in [5, 5.41) is 24.8. The normalized spacial score (nSPS) is 16.4. The monoisotopic (exact) mass is 250 g/mol. The third-order valence-electron chi connectivity index (χ3n) is 3.24. The predicted octanol–water partition coefficient (Wildman–Crippen LogP) is 0.827. The number of nitrogens with one attached hydrogen (secondary N) is 2. The maximum absolute atomic E-state index is 11.9. The first-order chi connectivity index (χ1) is 8.66. The van der Waals surface area contributed by atoms with Crippen LogP contribution in [0.5, 0.6) is 11.5 Å². The lowest BCUT2D eigenvalue weighted by molar-refractivity contribution is 0.0941. The molecule has 1 aliphatic rings. The van der Waals surface area contributed by atoms with Gasteiger partial charge in [0.05, 0.1) is 5.56 Å². The van der Waals surface area contributed by atoms with E-state index in [1.807, 2.05) is 0 Å². The van der Waals surface area contributed by atoms with Gasteiger partial charge in [-0.2, -0.15) is 0 Å². The number of phenolic OH excluding ortho intramolecular Hbond substituents is 2. The van der Waals surface area contributed by atoms with E-state index in [1.165, 1.54) is 18.2 Å². The van der Waals surface area contributed by atoms with Crippen LogP contribution in [0.25, 0.3) is 0 Å². The fourth-order valence-corrected chi connectivity index (χ4v) is 2.13. The Kier molecular flexibility index (Phi) is 4.04. The molecule has 5 heteroatoms. The van der Waals surface area contributed by atoms with Crippen molar-refractivity contribution < 1.29 is 15.0 Å². The molecule has 0 unspecified atom stereocenters. The van der Waals surface area contributed by atoms with Gasteiger partial charge in [0.2, 0.25) is 0 Å². The number of aromatic hydroxyl groups is 2. The van der Waals surface area contributed by atoms with Crippen LogP contribution in [-0.4, -0.2) is 35.8 Å². The summed E-state index contributed by atoms with van der Waals surface area (Å²) < 4.78 is 0. The summed E-state index contributed by atoms with van der Waals surface area (Å²) in [6.45, 7) is 2.61. The molecule has 1 fully saturated rings. The molecule has 0 bridgehead atoms. The third-order valence-corrected chi connectivity index (χ3v) is 3.24. The minimum atomic E-state index is -0.300. The Morgan fingerprint density at radius 3 is 2.72 bits per heavy atom. The molecule has 98 valence electrons. The number of hydrogen-bond donors (Lipinski definition) is 4. The number of carbonyl (C=O) groups excluding carboxylic acids is 1. The van der Waals surface area contributed by atoms with Crippen molar-refractivity contribution in [2.24, 2.45) is 5.92 Å². The number of piperidine rings is 1. The molecule has 1 saturated heterocycles. The van der Waals surface area contributed by atoms with E-state index in [4.69, 9.17) is 5.11 Å². The van der Waals surface area contributed by atoms with Crippen molar-refractivity contribution in [1.29, 1.82) is 0 Å². The number of benzene rings is 1. The van der Waals surface area contributed by atoms with Crippen molar-refractivity contribution in [3.8, 4) is 11.5 Å². The molecule has 0 radical (unpaired) electrons. The molecule has 1 heterocycles. The van der Waals surface area contributed by atoms with Gasteiger partial charge in [-0.05, 0) is 44.0 Å². The molecule has 18 heavy (non-hydrogen) atoms. The Labute approximate surface area is 106 Å². The van der Waals surface area contributed by atoms with E-state index in [0.717, 1.165) is 25.9 Å². The molecular formula is C13H18N2O3. The molecule has 0 aromatic heterocycles. The fraction of sp³-hybridized carbons (Fsp3) is 0.462. The van der Waals surface area contributed by atoms with E-state index in [-0.39, 0.29) is 23.0 Å². The van der Waals surface area contributed by atoms with E-state index >= 15 is 0 Å². The molecule has 0 spiro atoms. The average molecular weight is 250 g/mol. The number of amides is 1. The first-order valence-corrected chi connectivity index (χ1v) is 6.17. The molecule has 1 aliphatic heterocycles. The molecule has 0 aliphatic carbocycles. The largest absolute Gasteiger partial charge is 0.508 e. The van der Waals surface area contributed by atoms with Gasteiger partial charge in [-0.25, -0.2) is 0 Å². The summed E-state index contributed by atoms with van der Waals surface area (Å²) >= 11 is 0. The number of hydrogen-bond acceptors (Lipinski definition) is 4. The SMILES string of the molecule is O=C(NCC1CCNCC1)c1ccc(O)cc1O. The standard InChI is InChI=1S/C13H18N2O3/c16-10-1-2-11(12(17)7-10)13(18)15-8-9-3-5-14-6-4-9/h1-2,7,9,14,16-17H,3-6,8H2,(H,15,18). The van der Waals surface area contributed by atoms with Crippen LogP contribution in [0.15, 0.2) is 18.2 Å². The van der Waals surface area contributed by atoms with Gasteiger partial charge in [0.25, 0.3) is 5.91 Å². The summed E-state index contributed by atoms with van der Waals surface area (Å²) in [5.41, 5.74) is 0.196. The molecule has 0 saturated carbocycles. The lowest BCUT2D eigenvalue weighted by Crippen LogP contribution is -2.35. The van der Waals surface area contributed by atoms with Crippen LogP contribution < -0.4 is 10.6 Å². The van der Waals surface area contributed by atoms with Crippen molar-refractivity contribution in [1.82, 2.24) is 10.6 Å². The molecule has 2 rings (SSSR count). The van der Waals surface area contributed by atoms with Gasteiger partial charge in [0, 0.05) is 12.6 Å². The highest BCUT2D eigenvalue weighted by molar-refractivity contribution is 5.96. The van der Waals surface area contributed by atoms with Crippen LogP contribution in [0.3, 0.4) is 0 Å². The van der Waals surface area contributed by atoms with Crippen molar-refractivity contribution in [2.75, 3.05) is 19.6 Å². The number of carbonyl (C=O) groups is 1. The van der Waals surface area contributed by atoms with Gasteiger partial charge in [-0.1, -0.05) is 0 Å². The zero-order chi connectivity index (χ0) is 13.0. The minimum absolute atomic E-state index is 0.0533. The summed E-state index contributed by atoms with van der Waals surface area (Å²) in [5.74, 6) is -0.0549. The fourth-order valence-electron chi connectivity index (χ4n) is 2.13. The summed E-state index contributed by atoms with van der Waals surface area (Å²) in [4.78, 5) is 11.9.